The van der Waals surface area contributed by atoms with Crippen LogP contribution in [0.5, 0.6) is 11.5 Å². The number of aromatic amines is 1. The van der Waals surface area contributed by atoms with Crippen LogP contribution in [0.3, 0.4) is 0 Å². The van der Waals surface area contributed by atoms with Crippen molar-refractivity contribution in [1.82, 2.24) is 20.1 Å². The number of benzene rings is 1. The first kappa shape index (κ1) is 16.5. The van der Waals surface area contributed by atoms with Gasteiger partial charge in [0.2, 0.25) is 0 Å². The molecule has 3 heterocycles. The number of hydrogen-bond acceptors (Lipinski definition) is 8. The monoisotopic (exact) mass is 373 g/mol. The number of aromatic nitrogens is 3. The predicted octanol–water partition coefficient (Wildman–Crippen LogP) is -0.0605. The Kier molecular flexibility index (Phi) is 3.48. The third-order valence-corrected chi connectivity index (χ3v) is 5.50. The number of carboxylic acid groups (broad SMARTS) is 1. The highest BCUT2D eigenvalue weighted by molar-refractivity contribution is 6.62. The van der Waals surface area contributed by atoms with Gasteiger partial charge in [-0.2, -0.15) is 5.10 Å². The summed E-state index contributed by atoms with van der Waals surface area (Å²) in [7, 11) is 0. The van der Waals surface area contributed by atoms with E-state index in [1.54, 1.807) is 12.1 Å². The second kappa shape index (κ2) is 5.68. The molecule has 1 saturated carbocycles. The van der Waals surface area contributed by atoms with Crippen molar-refractivity contribution in [3.05, 3.63) is 35.4 Å². The minimum absolute atomic E-state index is 0.0145. The lowest BCUT2D eigenvalue weighted by molar-refractivity contribution is 0.0120. The Bertz CT molecular complexity index is 899. The van der Waals surface area contributed by atoms with E-state index >= 15 is 0 Å². The molecule has 1 saturated heterocycles. The van der Waals surface area contributed by atoms with Gasteiger partial charge in [-0.25, -0.2) is 9.78 Å². The van der Waals surface area contributed by atoms with Gasteiger partial charge >= 0.3 is 12.7 Å². The van der Waals surface area contributed by atoms with Gasteiger partial charge in [-0.1, -0.05) is 18.3 Å². The molecular weight excluding hydrogens is 355 g/mol. The zero-order chi connectivity index (χ0) is 18.8. The molecule has 0 bridgehead atoms. The van der Waals surface area contributed by atoms with E-state index in [4.69, 9.17) is 9.39 Å². The van der Waals surface area contributed by atoms with Crippen LogP contribution in [-0.4, -0.2) is 67.2 Å². The smallest absolute Gasteiger partial charge is 0.434 e. The van der Waals surface area contributed by atoms with E-state index < -0.39 is 12.7 Å². The quantitative estimate of drug-likeness (QED) is 0.530. The molecule has 2 fully saturated rings. The molecule has 10 nitrogen and oxygen atoms in total. The highest BCUT2D eigenvalue weighted by Gasteiger charge is 2.55. The molecule has 1 aromatic heterocycles. The number of rotatable bonds is 5. The number of nitrogens with one attached hydrogen (secondary N) is 1. The van der Waals surface area contributed by atoms with Crippen LogP contribution in [0.15, 0.2) is 18.5 Å². The largest absolute Gasteiger partial charge is 0.669 e. The number of carbonyl (C=O) groups is 1. The van der Waals surface area contributed by atoms with Gasteiger partial charge in [0.05, 0.1) is 12.3 Å². The molecule has 27 heavy (non-hydrogen) atoms. The summed E-state index contributed by atoms with van der Waals surface area (Å²) in [5, 5.41) is 36.5. The van der Waals surface area contributed by atoms with Crippen LogP contribution in [0.25, 0.3) is 0 Å². The van der Waals surface area contributed by atoms with Gasteiger partial charge < -0.3 is 24.5 Å². The molecule has 0 spiro atoms. The van der Waals surface area contributed by atoms with E-state index in [1.165, 1.54) is 6.33 Å². The van der Waals surface area contributed by atoms with Crippen molar-refractivity contribution >= 4 is 12.7 Å². The fourth-order valence-electron chi connectivity index (χ4n) is 4.03. The molecule has 1 unspecified atom stereocenters. The molecule has 0 amide bonds. The van der Waals surface area contributed by atoms with Crippen LogP contribution >= 0.6 is 0 Å². The van der Waals surface area contributed by atoms with Gasteiger partial charge in [0, 0.05) is 13.1 Å². The van der Waals surface area contributed by atoms with Crippen LogP contribution < -0.4 is 9.39 Å². The van der Waals surface area contributed by atoms with E-state index in [1.807, 2.05) is 0 Å². The molecule has 2 aliphatic heterocycles. The Balaban J connectivity index is 1.34. The van der Waals surface area contributed by atoms with Crippen molar-refractivity contribution in [2.24, 2.45) is 0 Å². The van der Waals surface area contributed by atoms with Crippen LogP contribution in [0, 0.1) is 0 Å². The second-order valence-corrected chi connectivity index (χ2v) is 7.40. The Morgan fingerprint density at radius 3 is 2.93 bits per heavy atom. The molecule has 1 aromatic carbocycles. The van der Waals surface area contributed by atoms with Crippen molar-refractivity contribution in [3.8, 4) is 11.5 Å². The Morgan fingerprint density at radius 2 is 2.22 bits per heavy atom. The van der Waals surface area contributed by atoms with E-state index in [0.717, 1.165) is 0 Å². The molecule has 142 valence electrons. The zero-order valence-electron chi connectivity index (χ0n) is 14.3. The van der Waals surface area contributed by atoms with Gasteiger partial charge in [-0.15, -0.1) is 0 Å². The number of ether oxygens (including phenoxy) is 1. The molecule has 11 heteroatoms. The standard InChI is InChI=1S/C16H18BN4O6/c22-16(23)14-12(26-8-4-21(5-8)6-13-18-7-19-20-13)2-1-9-10-3-11(10)17(24,25)27-15(9)14/h1-2,7-8,10-11,24-25H,3-6H2,(H,22,23)(H,18,19,20)/q-1/t10?,11-/m1/s1. The van der Waals surface area contributed by atoms with Crippen molar-refractivity contribution in [2.75, 3.05) is 13.1 Å². The fourth-order valence-corrected chi connectivity index (χ4v) is 4.03. The van der Waals surface area contributed by atoms with E-state index in [9.17, 15) is 19.9 Å². The number of fused-ring (bicyclic) bond motifs is 3. The number of H-pyrrole nitrogens is 1. The third-order valence-electron chi connectivity index (χ3n) is 5.50. The summed E-state index contributed by atoms with van der Waals surface area (Å²) in [6.07, 6.45) is 1.93. The lowest BCUT2D eigenvalue weighted by Crippen LogP contribution is -2.53. The van der Waals surface area contributed by atoms with Crippen molar-refractivity contribution in [1.29, 1.82) is 0 Å². The number of hydrogen-bond donors (Lipinski definition) is 4. The van der Waals surface area contributed by atoms with Gasteiger partial charge in [0.1, 0.15) is 23.7 Å². The Morgan fingerprint density at radius 1 is 1.41 bits per heavy atom. The molecule has 0 radical (unpaired) electrons. The summed E-state index contributed by atoms with van der Waals surface area (Å²) < 4.78 is 11.2. The SMILES string of the molecule is O=C(O)c1c(OC2CN(Cc3nc[nH]n3)C2)ccc2c1O[B-](O)(O)[C@@H]1CC21. The highest BCUT2D eigenvalue weighted by atomic mass is 16.6. The Hall–Kier alpha value is -2.63. The predicted molar refractivity (Wildman–Crippen MR) is 91.4 cm³/mol. The molecule has 1 aliphatic carbocycles. The van der Waals surface area contributed by atoms with Crippen LogP contribution in [0.4, 0.5) is 0 Å². The van der Waals surface area contributed by atoms with Gasteiger partial charge in [-0.3, -0.25) is 10.00 Å². The molecule has 4 N–H and O–H groups in total. The summed E-state index contributed by atoms with van der Waals surface area (Å²) >= 11 is 0. The number of aromatic carboxylic acids is 1. The first-order chi connectivity index (χ1) is 12.9. The van der Waals surface area contributed by atoms with Gasteiger partial charge in [0.15, 0.2) is 5.82 Å². The second-order valence-electron chi connectivity index (χ2n) is 7.40. The van der Waals surface area contributed by atoms with Crippen molar-refractivity contribution in [2.45, 2.75) is 30.8 Å². The number of carboxylic acids is 1. The highest BCUT2D eigenvalue weighted by Crippen LogP contribution is 2.63. The normalized spacial score (nSPS) is 25.7. The first-order valence-corrected chi connectivity index (χ1v) is 8.84. The molecule has 2 aromatic rings. The van der Waals surface area contributed by atoms with Crippen LogP contribution in [0.2, 0.25) is 5.82 Å². The lowest BCUT2D eigenvalue weighted by atomic mass is 9.68. The average molecular weight is 373 g/mol. The van der Waals surface area contributed by atoms with Gasteiger partial charge in [0.25, 0.3) is 0 Å². The fraction of sp³-hybridized carbons (Fsp3) is 0.438. The zero-order valence-corrected chi connectivity index (χ0v) is 14.3. The van der Waals surface area contributed by atoms with E-state index in [-0.39, 0.29) is 34.9 Å². The summed E-state index contributed by atoms with van der Waals surface area (Å²) in [4.78, 5) is 18.0. The minimum Gasteiger partial charge on any atom is -0.669 e. The average Bonchev–Trinajstić information content (AvgIpc) is 3.23. The summed E-state index contributed by atoms with van der Waals surface area (Å²) in [6.45, 7) is -1.22. The maximum atomic E-state index is 11.8. The third kappa shape index (κ3) is 2.74. The molecular formula is C16H18BN4O6-. The van der Waals surface area contributed by atoms with Gasteiger partial charge in [-0.05, 0) is 17.5 Å². The first-order valence-electron chi connectivity index (χ1n) is 8.84. The molecule has 3 aliphatic rings. The molecule has 5 rings (SSSR count). The maximum absolute atomic E-state index is 11.8. The number of nitrogens with zero attached hydrogens (tertiary/aromatic N) is 3. The lowest BCUT2D eigenvalue weighted by Gasteiger charge is -2.40. The maximum Gasteiger partial charge on any atom is 0.434 e. The number of likely N-dealkylation sites (tertiary alicyclic amines) is 1. The Labute approximate surface area is 153 Å². The van der Waals surface area contributed by atoms with Crippen LogP contribution in [-0.2, 0) is 6.54 Å². The molecule has 2 atom stereocenters. The topological polar surface area (TPSA) is 141 Å². The summed E-state index contributed by atoms with van der Waals surface area (Å²) in [5.41, 5.74) is 0.546. The van der Waals surface area contributed by atoms with E-state index in [0.29, 0.717) is 37.4 Å². The summed E-state index contributed by atoms with van der Waals surface area (Å²) in [5.74, 6) is -0.775. The minimum atomic E-state index is -3.04. The van der Waals surface area contributed by atoms with Crippen LogP contribution in [0.1, 0.15) is 34.1 Å². The van der Waals surface area contributed by atoms with Crippen molar-refractivity contribution in [3.63, 3.8) is 0 Å². The summed E-state index contributed by atoms with van der Waals surface area (Å²) in [6, 6.07) is 3.39. The van der Waals surface area contributed by atoms with Crippen molar-refractivity contribution < 1.29 is 29.3 Å². The van der Waals surface area contributed by atoms with E-state index in [2.05, 4.69) is 20.1 Å².